The predicted octanol–water partition coefficient (Wildman–Crippen LogP) is 3.67. The molecule has 0 fully saturated rings. The molecule has 2 aromatic carbocycles. The van der Waals surface area contributed by atoms with Gasteiger partial charge in [-0.25, -0.2) is 0 Å². The number of amides is 1. The molecular weight excluding hydrogens is 356 g/mol. The summed E-state index contributed by atoms with van der Waals surface area (Å²) in [7, 11) is 3.18. The Kier molecular flexibility index (Phi) is 4.63. The number of nitrogens with zero attached hydrogens (tertiary/aromatic N) is 3. The third-order valence-corrected chi connectivity index (χ3v) is 4.30. The SMILES string of the molecule is COc1cccc(-c2ccc(OC)n3nc(NC(=O)c4ccccc4)nc23)c1. The summed E-state index contributed by atoms with van der Waals surface area (Å²) in [6.07, 6.45) is 0. The van der Waals surface area contributed by atoms with Gasteiger partial charge >= 0.3 is 0 Å². The third-order valence-electron chi connectivity index (χ3n) is 4.30. The Labute approximate surface area is 161 Å². The van der Waals surface area contributed by atoms with Crippen molar-refractivity contribution >= 4 is 17.5 Å². The normalized spacial score (nSPS) is 10.6. The van der Waals surface area contributed by atoms with E-state index in [4.69, 9.17) is 9.47 Å². The Balaban J connectivity index is 1.77. The van der Waals surface area contributed by atoms with Crippen LogP contribution in [0.1, 0.15) is 10.4 Å². The van der Waals surface area contributed by atoms with Crippen LogP contribution >= 0.6 is 0 Å². The lowest BCUT2D eigenvalue weighted by molar-refractivity contribution is 0.102. The van der Waals surface area contributed by atoms with Gasteiger partial charge in [0.25, 0.3) is 5.91 Å². The number of aromatic nitrogens is 3. The highest BCUT2D eigenvalue weighted by molar-refractivity contribution is 6.03. The van der Waals surface area contributed by atoms with E-state index in [-0.39, 0.29) is 11.9 Å². The van der Waals surface area contributed by atoms with E-state index < -0.39 is 0 Å². The summed E-state index contributed by atoms with van der Waals surface area (Å²) in [4.78, 5) is 17.0. The van der Waals surface area contributed by atoms with Crippen LogP contribution in [0.5, 0.6) is 11.6 Å². The number of carbonyl (C=O) groups excluding carboxylic acids is 1. The molecule has 1 amide bonds. The highest BCUT2D eigenvalue weighted by Crippen LogP contribution is 2.30. The summed E-state index contributed by atoms with van der Waals surface area (Å²) in [6, 6.07) is 20.3. The minimum absolute atomic E-state index is 0.197. The van der Waals surface area contributed by atoms with Crippen LogP contribution in [0, 0.1) is 0 Å². The van der Waals surface area contributed by atoms with Gasteiger partial charge in [0, 0.05) is 17.2 Å². The van der Waals surface area contributed by atoms with Crippen molar-refractivity contribution in [2.75, 3.05) is 19.5 Å². The van der Waals surface area contributed by atoms with Crippen LogP contribution in [-0.4, -0.2) is 34.7 Å². The number of nitrogens with one attached hydrogen (secondary N) is 1. The molecule has 1 N–H and O–H groups in total. The van der Waals surface area contributed by atoms with Gasteiger partial charge in [0.1, 0.15) is 5.75 Å². The Bertz CT molecular complexity index is 1140. The average molecular weight is 374 g/mol. The summed E-state index contributed by atoms with van der Waals surface area (Å²) in [5, 5.41) is 7.13. The minimum Gasteiger partial charge on any atom is -0.497 e. The first-order chi connectivity index (χ1) is 13.7. The van der Waals surface area contributed by atoms with E-state index in [0.29, 0.717) is 17.1 Å². The van der Waals surface area contributed by atoms with Crippen molar-refractivity contribution in [3.8, 4) is 22.8 Å². The van der Waals surface area contributed by atoms with Crippen LogP contribution in [0.15, 0.2) is 66.7 Å². The fraction of sp³-hybridized carbons (Fsp3) is 0.0952. The first-order valence-electron chi connectivity index (χ1n) is 8.64. The molecule has 0 spiro atoms. The molecule has 0 unspecified atom stereocenters. The molecule has 7 nitrogen and oxygen atoms in total. The molecule has 0 bridgehead atoms. The van der Waals surface area contributed by atoms with Crippen LogP contribution in [-0.2, 0) is 0 Å². The number of fused-ring (bicyclic) bond motifs is 1. The number of carbonyl (C=O) groups is 1. The Hall–Kier alpha value is -3.87. The zero-order valence-corrected chi connectivity index (χ0v) is 15.4. The molecule has 0 atom stereocenters. The summed E-state index contributed by atoms with van der Waals surface area (Å²) < 4.78 is 12.3. The zero-order valence-electron chi connectivity index (χ0n) is 15.4. The number of ether oxygens (including phenoxy) is 2. The summed E-state index contributed by atoms with van der Waals surface area (Å²) in [5.41, 5.74) is 2.85. The van der Waals surface area contributed by atoms with Gasteiger partial charge in [0.15, 0.2) is 5.65 Å². The van der Waals surface area contributed by atoms with Gasteiger partial charge < -0.3 is 9.47 Å². The van der Waals surface area contributed by atoms with E-state index in [1.165, 1.54) is 0 Å². The number of hydrogen-bond donors (Lipinski definition) is 1. The Morgan fingerprint density at radius 3 is 2.54 bits per heavy atom. The van der Waals surface area contributed by atoms with Gasteiger partial charge in [-0.1, -0.05) is 30.3 Å². The number of pyridine rings is 1. The van der Waals surface area contributed by atoms with Crippen molar-refractivity contribution in [1.82, 2.24) is 14.6 Å². The van der Waals surface area contributed by atoms with Crippen LogP contribution in [0.3, 0.4) is 0 Å². The first kappa shape index (κ1) is 17.5. The molecule has 0 saturated heterocycles. The lowest BCUT2D eigenvalue weighted by Crippen LogP contribution is -2.12. The first-order valence-corrected chi connectivity index (χ1v) is 8.64. The van der Waals surface area contributed by atoms with Crippen molar-refractivity contribution in [3.63, 3.8) is 0 Å². The van der Waals surface area contributed by atoms with E-state index in [9.17, 15) is 4.79 Å². The number of methoxy groups -OCH3 is 2. The molecule has 2 heterocycles. The molecule has 0 saturated carbocycles. The standard InChI is InChI=1S/C21H18N4O3/c1-27-16-10-6-9-15(13-16)17-11-12-18(28-2)25-19(17)22-21(24-25)23-20(26)14-7-4-3-5-8-14/h3-13H,1-2H3,(H,23,24,26). The van der Waals surface area contributed by atoms with Gasteiger partial charge in [0.05, 0.1) is 14.2 Å². The maximum atomic E-state index is 12.4. The predicted molar refractivity (Wildman–Crippen MR) is 106 cm³/mol. The largest absolute Gasteiger partial charge is 0.497 e. The topological polar surface area (TPSA) is 77.8 Å². The third kappa shape index (κ3) is 3.25. The Morgan fingerprint density at radius 1 is 0.964 bits per heavy atom. The van der Waals surface area contributed by atoms with Crippen molar-refractivity contribution in [3.05, 3.63) is 72.3 Å². The van der Waals surface area contributed by atoms with Crippen LogP contribution in [0.4, 0.5) is 5.95 Å². The van der Waals surface area contributed by atoms with Crippen molar-refractivity contribution in [2.24, 2.45) is 0 Å². The second kappa shape index (κ2) is 7.40. The van der Waals surface area contributed by atoms with Crippen molar-refractivity contribution < 1.29 is 14.3 Å². The smallest absolute Gasteiger partial charge is 0.258 e. The maximum Gasteiger partial charge on any atom is 0.258 e. The molecule has 0 aliphatic carbocycles. The summed E-state index contributed by atoms with van der Waals surface area (Å²) >= 11 is 0. The molecule has 0 aliphatic rings. The molecule has 0 aliphatic heterocycles. The summed E-state index contributed by atoms with van der Waals surface area (Å²) in [5.74, 6) is 1.17. The number of benzene rings is 2. The molecule has 4 rings (SSSR count). The molecule has 7 heteroatoms. The Morgan fingerprint density at radius 2 is 1.79 bits per heavy atom. The highest BCUT2D eigenvalue weighted by Gasteiger charge is 2.16. The monoisotopic (exact) mass is 374 g/mol. The van der Waals surface area contributed by atoms with E-state index in [2.05, 4.69) is 15.4 Å². The zero-order chi connectivity index (χ0) is 19.5. The fourth-order valence-electron chi connectivity index (χ4n) is 2.93. The highest BCUT2D eigenvalue weighted by atomic mass is 16.5. The van der Waals surface area contributed by atoms with Crippen LogP contribution in [0.2, 0.25) is 0 Å². The molecule has 4 aromatic rings. The molecule has 140 valence electrons. The van der Waals surface area contributed by atoms with E-state index in [0.717, 1.165) is 16.9 Å². The lowest BCUT2D eigenvalue weighted by atomic mass is 10.1. The lowest BCUT2D eigenvalue weighted by Gasteiger charge is -2.08. The van der Waals surface area contributed by atoms with Gasteiger partial charge in [-0.2, -0.15) is 9.50 Å². The van der Waals surface area contributed by atoms with Crippen molar-refractivity contribution in [2.45, 2.75) is 0 Å². The van der Waals surface area contributed by atoms with Crippen molar-refractivity contribution in [1.29, 1.82) is 0 Å². The van der Waals surface area contributed by atoms with Crippen LogP contribution < -0.4 is 14.8 Å². The number of hydrogen-bond acceptors (Lipinski definition) is 5. The average Bonchev–Trinajstić information content (AvgIpc) is 3.17. The van der Waals surface area contributed by atoms with Gasteiger partial charge in [-0.15, -0.1) is 5.10 Å². The minimum atomic E-state index is -0.279. The van der Waals surface area contributed by atoms with E-state index in [1.807, 2.05) is 36.4 Å². The van der Waals surface area contributed by atoms with Crippen LogP contribution in [0.25, 0.3) is 16.8 Å². The number of rotatable bonds is 5. The molecular formula is C21H18N4O3. The maximum absolute atomic E-state index is 12.4. The quantitative estimate of drug-likeness (QED) is 0.577. The van der Waals surface area contributed by atoms with Gasteiger partial charge in [-0.3, -0.25) is 10.1 Å². The molecule has 28 heavy (non-hydrogen) atoms. The summed E-state index contributed by atoms with van der Waals surface area (Å²) in [6.45, 7) is 0. The fourth-order valence-corrected chi connectivity index (χ4v) is 2.93. The van der Waals surface area contributed by atoms with Gasteiger partial charge in [-0.05, 0) is 35.9 Å². The van der Waals surface area contributed by atoms with E-state index >= 15 is 0 Å². The molecule has 0 radical (unpaired) electrons. The second-order valence-electron chi connectivity index (χ2n) is 6.01. The van der Waals surface area contributed by atoms with Gasteiger partial charge in [0.2, 0.25) is 11.8 Å². The second-order valence-corrected chi connectivity index (χ2v) is 6.01. The number of anilines is 1. The van der Waals surface area contributed by atoms with E-state index in [1.54, 1.807) is 49.1 Å². The molecule has 2 aromatic heterocycles.